The summed E-state index contributed by atoms with van der Waals surface area (Å²) in [6.07, 6.45) is 12.8. The molecule has 3 N–H and O–H groups in total. The molecule has 0 saturated heterocycles. The summed E-state index contributed by atoms with van der Waals surface area (Å²) in [5.41, 5.74) is 2.58. The zero-order valence-corrected chi connectivity index (χ0v) is 15.9. The Kier molecular flexibility index (Phi) is 10.7. The highest BCUT2D eigenvalue weighted by Crippen LogP contribution is 2.36. The van der Waals surface area contributed by atoms with Crippen LogP contribution in [0.25, 0.3) is 0 Å². The van der Waals surface area contributed by atoms with Crippen LogP contribution in [0.5, 0.6) is 0 Å². The Morgan fingerprint density at radius 2 is 1.92 bits per heavy atom. The summed E-state index contributed by atoms with van der Waals surface area (Å²) < 4.78 is 0. The number of unbranched alkanes of at least 4 members (excludes halogenated alkanes) is 5. The lowest BCUT2D eigenvalue weighted by molar-refractivity contribution is -0.137. The van der Waals surface area contributed by atoms with Crippen LogP contribution in [-0.4, -0.2) is 33.5 Å². The van der Waals surface area contributed by atoms with Gasteiger partial charge in [0.15, 0.2) is 0 Å². The van der Waals surface area contributed by atoms with Crippen LogP contribution in [0, 0.1) is 5.92 Å². The lowest BCUT2D eigenvalue weighted by Crippen LogP contribution is -2.15. The van der Waals surface area contributed by atoms with Crippen molar-refractivity contribution in [3.8, 4) is 0 Å². The second-order valence-corrected chi connectivity index (χ2v) is 7.36. The number of aliphatic hydroxyl groups is 2. The van der Waals surface area contributed by atoms with E-state index in [9.17, 15) is 15.0 Å². The van der Waals surface area contributed by atoms with Gasteiger partial charge in [-0.15, -0.1) is 0 Å². The van der Waals surface area contributed by atoms with Crippen molar-refractivity contribution < 1.29 is 20.1 Å². The minimum absolute atomic E-state index is 0.0276. The van der Waals surface area contributed by atoms with Gasteiger partial charge < -0.3 is 15.3 Å². The molecule has 0 bridgehead atoms. The molecule has 0 radical (unpaired) electrons. The topological polar surface area (TPSA) is 77.8 Å². The molecule has 0 aromatic rings. The average molecular weight is 353 g/mol. The predicted octanol–water partition coefficient (Wildman–Crippen LogP) is 4.61. The Balaban J connectivity index is 2.42. The molecule has 4 heteroatoms. The van der Waals surface area contributed by atoms with Gasteiger partial charge in [0.2, 0.25) is 0 Å². The van der Waals surface area contributed by atoms with Crippen LogP contribution >= 0.6 is 0 Å². The third-order valence-corrected chi connectivity index (χ3v) is 5.11. The van der Waals surface area contributed by atoms with Crippen molar-refractivity contribution in [2.75, 3.05) is 0 Å². The zero-order valence-electron chi connectivity index (χ0n) is 15.9. The number of rotatable bonds is 13. The van der Waals surface area contributed by atoms with Gasteiger partial charge in [-0.1, -0.05) is 62.3 Å². The SMILES string of the molecule is CCCCC[C@H](O)/C=C/[C@@H]1C(CCCCCCC(=O)O)=C(C)C[C@H]1O. The van der Waals surface area contributed by atoms with Crippen molar-refractivity contribution >= 4 is 5.97 Å². The zero-order chi connectivity index (χ0) is 18.7. The molecule has 1 aliphatic rings. The molecule has 0 unspecified atom stereocenters. The third-order valence-electron chi connectivity index (χ3n) is 5.11. The van der Waals surface area contributed by atoms with Gasteiger partial charge in [0.25, 0.3) is 0 Å². The number of hydrogen-bond acceptors (Lipinski definition) is 3. The van der Waals surface area contributed by atoms with E-state index in [1.165, 1.54) is 11.1 Å². The van der Waals surface area contributed by atoms with Gasteiger partial charge in [0.1, 0.15) is 0 Å². The van der Waals surface area contributed by atoms with Crippen LogP contribution in [0.1, 0.15) is 84.5 Å². The molecule has 0 spiro atoms. The third kappa shape index (κ3) is 8.68. The lowest BCUT2D eigenvalue weighted by Gasteiger charge is -2.16. The first-order valence-corrected chi connectivity index (χ1v) is 9.90. The molecule has 3 atom stereocenters. The maximum Gasteiger partial charge on any atom is 0.303 e. The van der Waals surface area contributed by atoms with E-state index in [0.717, 1.165) is 64.2 Å². The Labute approximate surface area is 152 Å². The Bertz CT molecular complexity index is 453. The van der Waals surface area contributed by atoms with E-state index < -0.39 is 12.1 Å². The normalized spacial score (nSPS) is 22.1. The molecule has 0 aromatic heterocycles. The number of aliphatic carboxylic acids is 1. The van der Waals surface area contributed by atoms with Gasteiger partial charge in [-0.3, -0.25) is 4.79 Å². The summed E-state index contributed by atoms with van der Waals surface area (Å²) in [7, 11) is 0. The molecule has 0 aromatic carbocycles. The van der Waals surface area contributed by atoms with E-state index in [2.05, 4.69) is 13.8 Å². The van der Waals surface area contributed by atoms with E-state index >= 15 is 0 Å². The van der Waals surface area contributed by atoms with E-state index in [4.69, 9.17) is 5.11 Å². The van der Waals surface area contributed by atoms with Crippen molar-refractivity contribution in [1.82, 2.24) is 0 Å². The maximum absolute atomic E-state index is 10.5. The first kappa shape index (κ1) is 21.9. The second kappa shape index (κ2) is 12.3. The molecular weight excluding hydrogens is 316 g/mol. The van der Waals surface area contributed by atoms with Crippen LogP contribution in [0.4, 0.5) is 0 Å². The summed E-state index contributed by atoms with van der Waals surface area (Å²) in [5.74, 6) is -0.694. The van der Waals surface area contributed by atoms with E-state index in [0.29, 0.717) is 0 Å². The molecule has 1 rings (SSSR count). The molecule has 0 fully saturated rings. The number of hydrogen-bond donors (Lipinski definition) is 3. The van der Waals surface area contributed by atoms with Gasteiger partial charge in [-0.25, -0.2) is 0 Å². The molecular formula is C21H36O4. The molecule has 25 heavy (non-hydrogen) atoms. The summed E-state index contributed by atoms with van der Waals surface area (Å²) in [6.45, 7) is 4.24. The molecule has 0 saturated carbocycles. The van der Waals surface area contributed by atoms with Gasteiger partial charge in [0.05, 0.1) is 12.2 Å². The molecule has 4 nitrogen and oxygen atoms in total. The average Bonchev–Trinajstić information content (AvgIpc) is 2.82. The molecule has 144 valence electrons. The highest BCUT2D eigenvalue weighted by molar-refractivity contribution is 5.66. The first-order chi connectivity index (χ1) is 12.0. The monoisotopic (exact) mass is 352 g/mol. The van der Waals surface area contributed by atoms with Gasteiger partial charge in [-0.2, -0.15) is 0 Å². The van der Waals surface area contributed by atoms with Crippen molar-refractivity contribution in [3.63, 3.8) is 0 Å². The molecule has 1 aliphatic carbocycles. The summed E-state index contributed by atoms with van der Waals surface area (Å²) in [6, 6.07) is 0. The molecule has 0 amide bonds. The van der Waals surface area contributed by atoms with Gasteiger partial charge >= 0.3 is 5.97 Å². The van der Waals surface area contributed by atoms with Crippen LogP contribution in [0.15, 0.2) is 23.3 Å². The fourth-order valence-electron chi connectivity index (χ4n) is 3.61. The Hall–Kier alpha value is -1.13. The highest BCUT2D eigenvalue weighted by Gasteiger charge is 2.29. The fourth-order valence-corrected chi connectivity index (χ4v) is 3.61. The largest absolute Gasteiger partial charge is 0.481 e. The van der Waals surface area contributed by atoms with Crippen molar-refractivity contribution in [1.29, 1.82) is 0 Å². The minimum atomic E-state index is -0.722. The summed E-state index contributed by atoms with van der Waals surface area (Å²) in [4.78, 5) is 10.5. The van der Waals surface area contributed by atoms with E-state index in [1.807, 2.05) is 12.2 Å². The molecule has 0 aliphatic heterocycles. The summed E-state index contributed by atoms with van der Waals surface area (Å²) in [5, 5.41) is 29.0. The smallest absolute Gasteiger partial charge is 0.303 e. The number of carbonyl (C=O) groups is 1. The van der Waals surface area contributed by atoms with Crippen LogP contribution in [0.3, 0.4) is 0 Å². The Morgan fingerprint density at radius 1 is 1.20 bits per heavy atom. The lowest BCUT2D eigenvalue weighted by atomic mass is 9.92. The number of aliphatic hydroxyl groups excluding tert-OH is 2. The van der Waals surface area contributed by atoms with Crippen molar-refractivity contribution in [3.05, 3.63) is 23.3 Å². The van der Waals surface area contributed by atoms with Gasteiger partial charge in [0, 0.05) is 12.3 Å². The number of carboxylic acids is 1. The van der Waals surface area contributed by atoms with E-state index in [-0.39, 0.29) is 18.4 Å². The fraction of sp³-hybridized carbons (Fsp3) is 0.762. The predicted molar refractivity (Wildman–Crippen MR) is 101 cm³/mol. The quantitative estimate of drug-likeness (QED) is 0.334. The van der Waals surface area contributed by atoms with Crippen molar-refractivity contribution in [2.45, 2.75) is 96.7 Å². The minimum Gasteiger partial charge on any atom is -0.481 e. The maximum atomic E-state index is 10.5. The van der Waals surface area contributed by atoms with Crippen molar-refractivity contribution in [2.24, 2.45) is 5.92 Å². The van der Waals surface area contributed by atoms with Gasteiger partial charge in [-0.05, 0) is 39.0 Å². The number of carboxylic acid groups (broad SMARTS) is 1. The first-order valence-electron chi connectivity index (χ1n) is 9.90. The summed E-state index contributed by atoms with van der Waals surface area (Å²) >= 11 is 0. The van der Waals surface area contributed by atoms with E-state index in [1.54, 1.807) is 0 Å². The molecule has 0 heterocycles. The standard InChI is InChI=1S/C21H36O4/c1-3-4-7-10-17(22)13-14-19-18(16(2)15-20(19)23)11-8-5-6-9-12-21(24)25/h13-14,17,19-20,22-23H,3-12,15H2,1-2H3,(H,24,25)/b14-13+/t17-,19+,20+/m0/s1. The Morgan fingerprint density at radius 3 is 2.60 bits per heavy atom. The van der Waals surface area contributed by atoms with Crippen LogP contribution in [0.2, 0.25) is 0 Å². The van der Waals surface area contributed by atoms with Crippen LogP contribution < -0.4 is 0 Å². The van der Waals surface area contributed by atoms with Crippen LogP contribution in [-0.2, 0) is 4.79 Å². The second-order valence-electron chi connectivity index (χ2n) is 7.36. The highest BCUT2D eigenvalue weighted by atomic mass is 16.4.